The van der Waals surface area contributed by atoms with Gasteiger partial charge in [0, 0.05) is 52.4 Å². The van der Waals surface area contributed by atoms with E-state index >= 15 is 0 Å². The van der Waals surface area contributed by atoms with E-state index in [9.17, 15) is 0 Å². The molecule has 1 aliphatic rings. The Bertz CT molecular complexity index is 385. The summed E-state index contributed by atoms with van der Waals surface area (Å²) in [6, 6.07) is 11.4. The molecule has 0 aliphatic carbocycles. The lowest BCUT2D eigenvalue weighted by Crippen LogP contribution is -2.38. The summed E-state index contributed by atoms with van der Waals surface area (Å²) in [5.74, 6) is 0. The predicted molar refractivity (Wildman–Crippen MR) is 87.5 cm³/mol. The quantitative estimate of drug-likeness (QED) is 0.745. The first kappa shape index (κ1) is 16.4. The van der Waals surface area contributed by atoms with E-state index in [2.05, 4.69) is 52.5 Å². The highest BCUT2D eigenvalue weighted by Crippen LogP contribution is 2.13. The molecule has 4 nitrogen and oxygen atoms in total. The summed E-state index contributed by atoms with van der Waals surface area (Å²) in [6.07, 6.45) is 1.26. The van der Waals surface area contributed by atoms with E-state index in [0.717, 1.165) is 39.3 Å². The van der Waals surface area contributed by atoms with E-state index in [1.54, 1.807) is 7.11 Å². The monoisotopic (exact) mass is 291 g/mol. The summed E-state index contributed by atoms with van der Waals surface area (Å²) in [5.41, 5.74) is 1.41. The van der Waals surface area contributed by atoms with Gasteiger partial charge in [-0.05, 0) is 19.0 Å². The molecule has 1 N–H and O–H groups in total. The van der Waals surface area contributed by atoms with Crippen molar-refractivity contribution in [2.75, 3.05) is 53.5 Å². The number of hydrogen-bond donors (Lipinski definition) is 1. The molecule has 0 radical (unpaired) electrons. The van der Waals surface area contributed by atoms with E-state index in [1.807, 2.05) is 0 Å². The number of nitrogens with one attached hydrogen (secondary N) is 1. The first-order chi connectivity index (χ1) is 10.3. The fraction of sp³-hybridized carbons (Fsp3) is 0.647. The van der Waals surface area contributed by atoms with Crippen LogP contribution >= 0.6 is 0 Å². The van der Waals surface area contributed by atoms with Crippen LogP contribution in [0.4, 0.5) is 0 Å². The highest BCUT2D eigenvalue weighted by molar-refractivity contribution is 5.14. The van der Waals surface area contributed by atoms with Crippen LogP contribution in [-0.2, 0) is 11.3 Å². The molecule has 1 aromatic rings. The third-order valence-electron chi connectivity index (χ3n) is 4.13. The molecular weight excluding hydrogens is 262 g/mol. The van der Waals surface area contributed by atoms with Crippen molar-refractivity contribution in [2.24, 2.45) is 0 Å². The number of benzene rings is 1. The number of nitrogens with zero attached hydrogens (tertiary/aromatic N) is 2. The third kappa shape index (κ3) is 6.14. The fourth-order valence-corrected chi connectivity index (χ4v) is 2.80. The van der Waals surface area contributed by atoms with Crippen LogP contribution in [0.1, 0.15) is 12.0 Å². The Morgan fingerprint density at radius 1 is 1.29 bits per heavy atom. The largest absolute Gasteiger partial charge is 0.383 e. The maximum atomic E-state index is 5.09. The van der Waals surface area contributed by atoms with Crippen LogP contribution < -0.4 is 5.32 Å². The molecule has 0 spiro atoms. The highest BCUT2D eigenvalue weighted by Gasteiger charge is 2.21. The van der Waals surface area contributed by atoms with Crippen LogP contribution in [-0.4, -0.2) is 69.3 Å². The van der Waals surface area contributed by atoms with Gasteiger partial charge in [-0.15, -0.1) is 0 Å². The van der Waals surface area contributed by atoms with Gasteiger partial charge in [0.15, 0.2) is 0 Å². The molecule has 1 unspecified atom stereocenters. The van der Waals surface area contributed by atoms with Gasteiger partial charge in [-0.2, -0.15) is 0 Å². The Morgan fingerprint density at radius 2 is 2.10 bits per heavy atom. The number of methoxy groups -OCH3 is 1. The Kier molecular flexibility index (Phi) is 7.16. The predicted octanol–water partition coefficient (Wildman–Crippen LogP) is 1.43. The number of rotatable bonds is 9. The van der Waals surface area contributed by atoms with Gasteiger partial charge in [0.05, 0.1) is 6.61 Å². The summed E-state index contributed by atoms with van der Waals surface area (Å²) in [7, 11) is 3.91. The van der Waals surface area contributed by atoms with Crippen LogP contribution in [0.3, 0.4) is 0 Å². The zero-order valence-electron chi connectivity index (χ0n) is 13.4. The van der Waals surface area contributed by atoms with Gasteiger partial charge in [-0.3, -0.25) is 4.90 Å². The minimum absolute atomic E-state index is 0.643. The first-order valence-electron chi connectivity index (χ1n) is 7.95. The van der Waals surface area contributed by atoms with Gasteiger partial charge in [-0.1, -0.05) is 30.3 Å². The highest BCUT2D eigenvalue weighted by atomic mass is 16.5. The molecule has 0 bridgehead atoms. The van der Waals surface area contributed by atoms with Crippen LogP contribution in [0.2, 0.25) is 0 Å². The third-order valence-corrected chi connectivity index (χ3v) is 4.13. The number of likely N-dealkylation sites (N-methyl/N-ethyl adjacent to an activating group) is 1. The lowest BCUT2D eigenvalue weighted by molar-refractivity contribution is 0.161. The van der Waals surface area contributed by atoms with E-state index in [0.29, 0.717) is 6.04 Å². The molecular formula is C17H29N3O. The zero-order chi connectivity index (χ0) is 14.9. The Morgan fingerprint density at radius 3 is 2.86 bits per heavy atom. The van der Waals surface area contributed by atoms with Crippen molar-refractivity contribution < 1.29 is 4.74 Å². The van der Waals surface area contributed by atoms with Gasteiger partial charge in [0.1, 0.15) is 0 Å². The Hall–Kier alpha value is -0.940. The summed E-state index contributed by atoms with van der Waals surface area (Å²) in [5, 5.41) is 3.68. The van der Waals surface area contributed by atoms with Gasteiger partial charge in [0.2, 0.25) is 0 Å². The minimum atomic E-state index is 0.643. The number of ether oxygens (including phenoxy) is 1. The number of hydrogen-bond acceptors (Lipinski definition) is 4. The summed E-state index contributed by atoms with van der Waals surface area (Å²) in [6.45, 7) is 7.39. The Balaban J connectivity index is 1.60. The second-order valence-electron chi connectivity index (χ2n) is 5.96. The lowest BCUT2D eigenvalue weighted by Gasteiger charge is -2.19. The van der Waals surface area contributed by atoms with E-state index in [4.69, 9.17) is 4.74 Å². The molecule has 118 valence electrons. The zero-order valence-corrected chi connectivity index (χ0v) is 13.4. The molecule has 0 amide bonds. The van der Waals surface area contributed by atoms with Gasteiger partial charge in [0.25, 0.3) is 0 Å². The van der Waals surface area contributed by atoms with Crippen LogP contribution in [0.15, 0.2) is 30.3 Å². The molecule has 0 aromatic heterocycles. The summed E-state index contributed by atoms with van der Waals surface area (Å²) in [4.78, 5) is 4.86. The van der Waals surface area contributed by atoms with Crippen LogP contribution in [0.5, 0.6) is 0 Å². The SMILES string of the molecule is COCCN(C)CCNC1CCN(Cc2ccccc2)C1. The van der Waals surface area contributed by atoms with Crippen molar-refractivity contribution in [3.8, 4) is 0 Å². The molecule has 1 aliphatic heterocycles. The smallest absolute Gasteiger partial charge is 0.0589 e. The van der Waals surface area contributed by atoms with Crippen molar-refractivity contribution in [3.63, 3.8) is 0 Å². The second kappa shape index (κ2) is 9.15. The van der Waals surface area contributed by atoms with E-state index in [-0.39, 0.29) is 0 Å². The van der Waals surface area contributed by atoms with Crippen molar-refractivity contribution in [1.29, 1.82) is 0 Å². The normalized spacial score (nSPS) is 19.5. The van der Waals surface area contributed by atoms with Crippen molar-refractivity contribution in [1.82, 2.24) is 15.1 Å². The van der Waals surface area contributed by atoms with Gasteiger partial charge >= 0.3 is 0 Å². The van der Waals surface area contributed by atoms with E-state index in [1.165, 1.54) is 18.5 Å². The second-order valence-corrected chi connectivity index (χ2v) is 5.96. The average Bonchev–Trinajstić information content (AvgIpc) is 2.93. The van der Waals surface area contributed by atoms with E-state index < -0.39 is 0 Å². The molecule has 1 fully saturated rings. The Labute approximate surface area is 129 Å². The number of likely N-dealkylation sites (tertiary alicyclic amines) is 1. The molecule has 1 saturated heterocycles. The molecule has 0 saturated carbocycles. The van der Waals surface area contributed by atoms with Crippen molar-refractivity contribution in [2.45, 2.75) is 19.0 Å². The van der Waals surface area contributed by atoms with Crippen molar-refractivity contribution >= 4 is 0 Å². The molecule has 1 aromatic carbocycles. The minimum Gasteiger partial charge on any atom is -0.383 e. The maximum absolute atomic E-state index is 5.09. The van der Waals surface area contributed by atoms with Crippen molar-refractivity contribution in [3.05, 3.63) is 35.9 Å². The lowest BCUT2D eigenvalue weighted by atomic mass is 10.2. The fourth-order valence-electron chi connectivity index (χ4n) is 2.80. The molecule has 1 atom stereocenters. The average molecular weight is 291 g/mol. The molecule has 2 rings (SSSR count). The molecule has 4 heteroatoms. The van der Waals surface area contributed by atoms with Gasteiger partial charge in [-0.25, -0.2) is 0 Å². The summed E-state index contributed by atoms with van der Waals surface area (Å²) >= 11 is 0. The first-order valence-corrected chi connectivity index (χ1v) is 7.95. The van der Waals surface area contributed by atoms with Crippen LogP contribution in [0, 0.1) is 0 Å². The van der Waals surface area contributed by atoms with Gasteiger partial charge < -0.3 is 15.0 Å². The molecule has 1 heterocycles. The molecule has 21 heavy (non-hydrogen) atoms. The topological polar surface area (TPSA) is 27.7 Å². The maximum Gasteiger partial charge on any atom is 0.0589 e. The standard InChI is InChI=1S/C17H29N3O/c1-19(12-13-21-2)11-9-18-17-8-10-20(15-17)14-16-6-4-3-5-7-16/h3-7,17-18H,8-15H2,1-2H3. The summed E-state index contributed by atoms with van der Waals surface area (Å²) < 4.78 is 5.09. The van der Waals surface area contributed by atoms with Crippen LogP contribution in [0.25, 0.3) is 0 Å².